The van der Waals surface area contributed by atoms with Crippen molar-refractivity contribution >= 4 is 23.2 Å². The molecule has 3 nitrogen and oxygen atoms in total. The maximum atomic E-state index is 10.2. The van der Waals surface area contributed by atoms with Crippen LogP contribution in [0.1, 0.15) is 30.9 Å². The van der Waals surface area contributed by atoms with Gasteiger partial charge in [-0.15, -0.1) is 0 Å². The van der Waals surface area contributed by atoms with E-state index in [0.29, 0.717) is 22.0 Å². The standard InChI is InChI=1S/C14H19Cl2NO2/c15-12-5-1-4-11(14(12)16)13(19)6-8-17-7-2-3-10(17)9-18/h1,4-5,10,13,18-19H,2-3,6-9H2. The topological polar surface area (TPSA) is 43.7 Å². The number of rotatable bonds is 5. The number of hydrogen-bond donors (Lipinski definition) is 2. The van der Waals surface area contributed by atoms with Crippen molar-refractivity contribution in [1.82, 2.24) is 4.90 Å². The summed E-state index contributed by atoms with van der Waals surface area (Å²) in [5.41, 5.74) is 0.675. The van der Waals surface area contributed by atoms with Crippen molar-refractivity contribution in [3.63, 3.8) is 0 Å². The molecular weight excluding hydrogens is 285 g/mol. The van der Waals surface area contributed by atoms with Gasteiger partial charge in [-0.1, -0.05) is 35.3 Å². The third-order valence-electron chi connectivity index (χ3n) is 3.74. The number of halogens is 2. The van der Waals surface area contributed by atoms with Gasteiger partial charge in [-0.2, -0.15) is 0 Å². The predicted molar refractivity (Wildman–Crippen MR) is 77.7 cm³/mol. The first-order valence-corrected chi connectivity index (χ1v) is 7.36. The molecule has 0 bridgehead atoms. The lowest BCUT2D eigenvalue weighted by atomic mass is 10.1. The van der Waals surface area contributed by atoms with Crippen molar-refractivity contribution < 1.29 is 10.2 Å². The Hall–Kier alpha value is -0.320. The average molecular weight is 304 g/mol. The summed E-state index contributed by atoms with van der Waals surface area (Å²) < 4.78 is 0. The Morgan fingerprint density at radius 2 is 2.16 bits per heavy atom. The molecule has 2 unspecified atom stereocenters. The summed E-state index contributed by atoms with van der Waals surface area (Å²) in [6.45, 7) is 1.93. The Morgan fingerprint density at radius 3 is 2.89 bits per heavy atom. The van der Waals surface area contributed by atoms with Gasteiger partial charge in [-0.3, -0.25) is 4.90 Å². The zero-order valence-corrected chi connectivity index (χ0v) is 12.2. The van der Waals surface area contributed by atoms with E-state index in [2.05, 4.69) is 4.90 Å². The lowest BCUT2D eigenvalue weighted by Crippen LogP contribution is -2.33. The van der Waals surface area contributed by atoms with Crippen LogP contribution in [0.2, 0.25) is 10.0 Å². The van der Waals surface area contributed by atoms with Crippen LogP contribution in [0.4, 0.5) is 0 Å². The van der Waals surface area contributed by atoms with Crippen LogP contribution in [0.5, 0.6) is 0 Å². The molecule has 1 aromatic carbocycles. The molecule has 1 saturated heterocycles. The van der Waals surface area contributed by atoms with Gasteiger partial charge < -0.3 is 10.2 Å². The lowest BCUT2D eigenvalue weighted by molar-refractivity contribution is 0.117. The van der Waals surface area contributed by atoms with E-state index < -0.39 is 6.10 Å². The number of nitrogens with zero attached hydrogens (tertiary/aromatic N) is 1. The zero-order valence-electron chi connectivity index (χ0n) is 10.7. The molecule has 1 heterocycles. The molecule has 0 aromatic heterocycles. The second-order valence-corrected chi connectivity index (χ2v) is 5.75. The van der Waals surface area contributed by atoms with Gasteiger partial charge in [0.1, 0.15) is 0 Å². The first kappa shape index (κ1) is 15.1. The van der Waals surface area contributed by atoms with Crippen molar-refractivity contribution in [3.8, 4) is 0 Å². The number of aliphatic hydroxyl groups excluding tert-OH is 2. The third kappa shape index (κ3) is 3.61. The molecule has 19 heavy (non-hydrogen) atoms. The van der Waals surface area contributed by atoms with E-state index in [9.17, 15) is 10.2 Å². The minimum absolute atomic E-state index is 0.189. The molecule has 1 aliphatic rings. The van der Waals surface area contributed by atoms with Crippen molar-refractivity contribution in [2.24, 2.45) is 0 Å². The smallest absolute Gasteiger partial charge is 0.0817 e. The highest BCUT2D eigenvalue weighted by molar-refractivity contribution is 6.42. The molecule has 1 aliphatic heterocycles. The quantitative estimate of drug-likeness (QED) is 0.879. The fourth-order valence-electron chi connectivity index (χ4n) is 2.62. The molecule has 0 aliphatic carbocycles. The van der Waals surface area contributed by atoms with Gasteiger partial charge in [-0.05, 0) is 31.9 Å². The van der Waals surface area contributed by atoms with Crippen LogP contribution < -0.4 is 0 Å². The van der Waals surface area contributed by atoms with E-state index in [1.54, 1.807) is 18.2 Å². The van der Waals surface area contributed by atoms with Crippen LogP contribution >= 0.6 is 23.2 Å². The Kier molecular flexibility index (Phi) is 5.48. The van der Waals surface area contributed by atoms with E-state index >= 15 is 0 Å². The van der Waals surface area contributed by atoms with Crippen molar-refractivity contribution in [1.29, 1.82) is 0 Å². The third-order valence-corrected chi connectivity index (χ3v) is 4.57. The van der Waals surface area contributed by atoms with Gasteiger partial charge in [0.05, 0.1) is 22.8 Å². The molecule has 0 spiro atoms. The van der Waals surface area contributed by atoms with Crippen LogP contribution in [-0.2, 0) is 0 Å². The fourth-order valence-corrected chi connectivity index (χ4v) is 3.05. The second-order valence-electron chi connectivity index (χ2n) is 4.96. The number of hydrogen-bond acceptors (Lipinski definition) is 3. The van der Waals surface area contributed by atoms with Gasteiger partial charge >= 0.3 is 0 Å². The average Bonchev–Trinajstić information content (AvgIpc) is 2.86. The summed E-state index contributed by atoms with van der Waals surface area (Å²) in [4.78, 5) is 2.22. The van der Waals surface area contributed by atoms with E-state index in [4.69, 9.17) is 23.2 Å². The molecule has 5 heteroatoms. The highest BCUT2D eigenvalue weighted by Gasteiger charge is 2.24. The minimum atomic E-state index is -0.619. The molecule has 0 saturated carbocycles. The number of benzene rings is 1. The first-order valence-electron chi connectivity index (χ1n) is 6.60. The lowest BCUT2D eigenvalue weighted by Gasteiger charge is -2.24. The fraction of sp³-hybridized carbons (Fsp3) is 0.571. The summed E-state index contributed by atoms with van der Waals surface area (Å²) >= 11 is 12.0. The van der Waals surface area contributed by atoms with E-state index in [0.717, 1.165) is 25.9 Å². The van der Waals surface area contributed by atoms with Crippen LogP contribution in [0.15, 0.2) is 18.2 Å². The molecule has 2 rings (SSSR count). The number of likely N-dealkylation sites (tertiary alicyclic amines) is 1. The molecule has 2 atom stereocenters. The summed E-state index contributed by atoms with van der Waals surface area (Å²) in [6.07, 6.45) is 2.12. The van der Waals surface area contributed by atoms with Crippen LogP contribution in [0.3, 0.4) is 0 Å². The predicted octanol–water partition coefficient (Wildman–Crippen LogP) is 2.87. The Labute approximate surface area is 123 Å². The minimum Gasteiger partial charge on any atom is -0.395 e. The maximum Gasteiger partial charge on any atom is 0.0817 e. The summed E-state index contributed by atoms with van der Waals surface area (Å²) in [6, 6.07) is 5.54. The van der Waals surface area contributed by atoms with Crippen LogP contribution in [0, 0.1) is 0 Å². The highest BCUT2D eigenvalue weighted by atomic mass is 35.5. The molecule has 106 valence electrons. The Morgan fingerprint density at radius 1 is 1.37 bits per heavy atom. The normalized spacial score (nSPS) is 21.8. The first-order chi connectivity index (χ1) is 9.13. The maximum absolute atomic E-state index is 10.2. The summed E-state index contributed by atoms with van der Waals surface area (Å²) in [5, 5.41) is 20.4. The van der Waals surface area contributed by atoms with E-state index in [1.807, 2.05) is 0 Å². The molecular formula is C14H19Cl2NO2. The van der Waals surface area contributed by atoms with E-state index in [1.165, 1.54) is 0 Å². The van der Waals surface area contributed by atoms with Crippen LogP contribution in [0.25, 0.3) is 0 Å². The van der Waals surface area contributed by atoms with Gasteiger partial charge in [0, 0.05) is 18.2 Å². The summed E-state index contributed by atoms with van der Waals surface area (Å²) in [7, 11) is 0. The molecule has 1 aromatic rings. The Balaban J connectivity index is 1.94. The van der Waals surface area contributed by atoms with Crippen molar-refractivity contribution in [3.05, 3.63) is 33.8 Å². The molecule has 0 amide bonds. The highest BCUT2D eigenvalue weighted by Crippen LogP contribution is 2.31. The van der Waals surface area contributed by atoms with Crippen molar-refractivity contribution in [2.75, 3.05) is 19.7 Å². The van der Waals surface area contributed by atoms with Gasteiger partial charge in [-0.25, -0.2) is 0 Å². The summed E-state index contributed by atoms with van der Waals surface area (Å²) in [5.74, 6) is 0. The second kappa shape index (κ2) is 6.91. The van der Waals surface area contributed by atoms with Gasteiger partial charge in [0.25, 0.3) is 0 Å². The van der Waals surface area contributed by atoms with Crippen molar-refractivity contribution in [2.45, 2.75) is 31.4 Å². The molecule has 0 radical (unpaired) electrons. The van der Waals surface area contributed by atoms with E-state index in [-0.39, 0.29) is 12.6 Å². The molecule has 2 N–H and O–H groups in total. The molecule has 1 fully saturated rings. The zero-order chi connectivity index (χ0) is 13.8. The van der Waals surface area contributed by atoms with Gasteiger partial charge in [0.2, 0.25) is 0 Å². The number of aliphatic hydroxyl groups is 2. The largest absolute Gasteiger partial charge is 0.395 e. The van der Waals surface area contributed by atoms with Gasteiger partial charge in [0.15, 0.2) is 0 Å². The Bertz CT molecular complexity index is 428. The van der Waals surface area contributed by atoms with Crippen LogP contribution in [-0.4, -0.2) is 40.9 Å². The SMILES string of the molecule is OCC1CCCN1CCC(O)c1cccc(Cl)c1Cl. The monoisotopic (exact) mass is 303 g/mol.